The van der Waals surface area contributed by atoms with E-state index in [1.807, 2.05) is 26.2 Å². The van der Waals surface area contributed by atoms with Crippen molar-refractivity contribution in [2.24, 2.45) is 0 Å². The number of thiazole rings is 1. The first kappa shape index (κ1) is 11.1. The topological polar surface area (TPSA) is 42.0 Å². The summed E-state index contributed by atoms with van der Waals surface area (Å²) >= 11 is 1.36. The molecule has 68 valence electrons. The van der Waals surface area contributed by atoms with Gasteiger partial charge in [-0.25, -0.2) is 4.98 Å². The Kier molecular flexibility index (Phi) is 5.28. The molecule has 0 aromatic carbocycles. The Hall–Kier alpha value is -0.900. The van der Waals surface area contributed by atoms with Crippen molar-refractivity contribution in [2.45, 2.75) is 20.8 Å². The van der Waals surface area contributed by atoms with Gasteiger partial charge in [0.15, 0.2) is 5.01 Å². The number of hydrogen-bond acceptors (Lipinski definition) is 3. The molecule has 0 aliphatic rings. The lowest BCUT2D eigenvalue weighted by molar-refractivity contribution is 0.0962. The maximum Gasteiger partial charge on any atom is 0.280 e. The van der Waals surface area contributed by atoms with E-state index >= 15 is 0 Å². The van der Waals surface area contributed by atoms with Gasteiger partial charge in [0.05, 0.1) is 0 Å². The zero-order chi connectivity index (χ0) is 9.56. The maximum absolute atomic E-state index is 10.9. The molecule has 3 nitrogen and oxygen atoms in total. The van der Waals surface area contributed by atoms with Crippen LogP contribution in [0.25, 0.3) is 0 Å². The Bertz CT molecular complexity index is 245. The molecule has 0 saturated heterocycles. The lowest BCUT2D eigenvalue weighted by Gasteiger charge is -1.89. The summed E-state index contributed by atoms with van der Waals surface area (Å²) in [7, 11) is 1.60. The number of aromatic nitrogens is 1. The molecular formula is C8H14N2OS. The van der Waals surface area contributed by atoms with Crippen molar-refractivity contribution in [2.75, 3.05) is 7.05 Å². The first-order valence-corrected chi connectivity index (χ1v) is 4.76. The van der Waals surface area contributed by atoms with Gasteiger partial charge in [-0.2, -0.15) is 0 Å². The van der Waals surface area contributed by atoms with Crippen molar-refractivity contribution >= 4 is 17.2 Å². The van der Waals surface area contributed by atoms with Gasteiger partial charge in [-0.3, -0.25) is 4.79 Å². The van der Waals surface area contributed by atoms with Crippen molar-refractivity contribution in [3.63, 3.8) is 0 Å². The largest absolute Gasteiger partial charge is 0.353 e. The minimum absolute atomic E-state index is 0.113. The van der Waals surface area contributed by atoms with E-state index in [2.05, 4.69) is 10.3 Å². The number of nitrogens with one attached hydrogen (secondary N) is 1. The van der Waals surface area contributed by atoms with Crippen LogP contribution in [-0.2, 0) is 0 Å². The van der Waals surface area contributed by atoms with Gasteiger partial charge < -0.3 is 5.32 Å². The van der Waals surface area contributed by atoms with Crippen molar-refractivity contribution in [1.29, 1.82) is 0 Å². The number of hydrogen-bond donors (Lipinski definition) is 1. The molecule has 0 fully saturated rings. The van der Waals surface area contributed by atoms with Gasteiger partial charge in [0, 0.05) is 18.1 Å². The zero-order valence-electron chi connectivity index (χ0n) is 7.84. The third-order valence-electron chi connectivity index (χ3n) is 1.04. The highest BCUT2D eigenvalue weighted by Crippen LogP contribution is 2.07. The molecule has 1 aromatic rings. The van der Waals surface area contributed by atoms with Gasteiger partial charge in [-0.15, -0.1) is 11.3 Å². The Labute approximate surface area is 76.8 Å². The Morgan fingerprint density at radius 3 is 2.50 bits per heavy atom. The van der Waals surface area contributed by atoms with Crippen LogP contribution in [0, 0.1) is 6.92 Å². The molecule has 0 aliphatic heterocycles. The van der Waals surface area contributed by atoms with Crippen LogP contribution in [0.5, 0.6) is 0 Å². The molecule has 1 heterocycles. The second kappa shape index (κ2) is 5.71. The second-order valence-electron chi connectivity index (χ2n) is 1.87. The van der Waals surface area contributed by atoms with Crippen LogP contribution in [0.3, 0.4) is 0 Å². The SMILES string of the molecule is CC.CNC(=O)c1nc(C)cs1. The lowest BCUT2D eigenvalue weighted by atomic mass is 10.5. The molecule has 4 heteroatoms. The van der Waals surface area contributed by atoms with Gasteiger partial charge in [-0.05, 0) is 6.92 Å². The number of amides is 1. The molecule has 1 rings (SSSR count). The van der Waals surface area contributed by atoms with Gasteiger partial charge in [0.25, 0.3) is 5.91 Å². The fraction of sp³-hybridized carbons (Fsp3) is 0.500. The van der Waals surface area contributed by atoms with Crippen molar-refractivity contribution in [1.82, 2.24) is 10.3 Å². The molecule has 0 saturated carbocycles. The number of carbonyl (C=O) groups is 1. The number of aryl methyl sites for hydroxylation is 1. The molecule has 0 atom stereocenters. The summed E-state index contributed by atoms with van der Waals surface area (Å²) in [4.78, 5) is 14.9. The van der Waals surface area contributed by atoms with Crippen LogP contribution < -0.4 is 5.32 Å². The van der Waals surface area contributed by atoms with Crippen molar-refractivity contribution in [3.05, 3.63) is 16.1 Å². The summed E-state index contributed by atoms with van der Waals surface area (Å²) in [6.45, 7) is 5.86. The predicted molar refractivity (Wildman–Crippen MR) is 51.6 cm³/mol. The van der Waals surface area contributed by atoms with Crippen LogP contribution in [0.1, 0.15) is 29.3 Å². The summed E-state index contributed by atoms with van der Waals surface area (Å²) in [6.07, 6.45) is 0. The van der Waals surface area contributed by atoms with Crippen LogP contribution in [0.15, 0.2) is 5.38 Å². The summed E-state index contributed by atoms with van der Waals surface area (Å²) < 4.78 is 0. The molecule has 1 N–H and O–H groups in total. The smallest absolute Gasteiger partial charge is 0.280 e. The van der Waals surface area contributed by atoms with E-state index in [0.717, 1.165) is 5.69 Å². The Morgan fingerprint density at radius 2 is 2.17 bits per heavy atom. The van der Waals surface area contributed by atoms with E-state index in [1.54, 1.807) is 7.05 Å². The van der Waals surface area contributed by atoms with Crippen LogP contribution in [-0.4, -0.2) is 17.9 Å². The first-order chi connectivity index (χ1) is 5.74. The summed E-state index contributed by atoms with van der Waals surface area (Å²) in [5.41, 5.74) is 0.892. The van der Waals surface area contributed by atoms with E-state index in [-0.39, 0.29) is 5.91 Å². The third kappa shape index (κ3) is 3.00. The van der Waals surface area contributed by atoms with Crippen LogP contribution in [0.4, 0.5) is 0 Å². The van der Waals surface area contributed by atoms with E-state index in [9.17, 15) is 4.79 Å². The monoisotopic (exact) mass is 186 g/mol. The molecule has 0 unspecified atom stereocenters. The van der Waals surface area contributed by atoms with E-state index < -0.39 is 0 Å². The van der Waals surface area contributed by atoms with E-state index in [4.69, 9.17) is 0 Å². The number of carbonyl (C=O) groups excluding carboxylic acids is 1. The number of rotatable bonds is 1. The molecular weight excluding hydrogens is 172 g/mol. The van der Waals surface area contributed by atoms with E-state index in [1.165, 1.54) is 11.3 Å². The molecule has 1 aromatic heterocycles. The number of nitrogens with zero attached hydrogens (tertiary/aromatic N) is 1. The zero-order valence-corrected chi connectivity index (χ0v) is 8.66. The van der Waals surface area contributed by atoms with Crippen LogP contribution in [0.2, 0.25) is 0 Å². The fourth-order valence-electron chi connectivity index (χ4n) is 0.565. The Balaban J connectivity index is 0.000000561. The predicted octanol–water partition coefficient (Wildman–Crippen LogP) is 1.84. The van der Waals surface area contributed by atoms with Gasteiger partial charge >= 0.3 is 0 Å². The van der Waals surface area contributed by atoms with Crippen LogP contribution >= 0.6 is 11.3 Å². The summed E-state index contributed by atoms with van der Waals surface area (Å²) in [5.74, 6) is -0.113. The highest BCUT2D eigenvalue weighted by Gasteiger charge is 2.05. The normalized spacial score (nSPS) is 8.33. The first-order valence-electron chi connectivity index (χ1n) is 3.88. The van der Waals surface area contributed by atoms with Crippen molar-refractivity contribution < 1.29 is 4.79 Å². The minimum Gasteiger partial charge on any atom is -0.353 e. The summed E-state index contributed by atoms with van der Waals surface area (Å²) in [5, 5.41) is 4.88. The molecule has 0 bridgehead atoms. The average Bonchev–Trinajstić information content (AvgIpc) is 2.54. The van der Waals surface area contributed by atoms with Crippen molar-refractivity contribution in [3.8, 4) is 0 Å². The summed E-state index contributed by atoms with van der Waals surface area (Å²) in [6, 6.07) is 0. The van der Waals surface area contributed by atoms with Gasteiger partial charge in [0.2, 0.25) is 0 Å². The average molecular weight is 186 g/mol. The minimum atomic E-state index is -0.113. The highest BCUT2D eigenvalue weighted by molar-refractivity contribution is 7.11. The standard InChI is InChI=1S/C6H8N2OS.C2H6/c1-4-3-10-6(8-4)5(9)7-2;1-2/h3H,1-2H3,(H,7,9);1-2H3. The highest BCUT2D eigenvalue weighted by atomic mass is 32.1. The Morgan fingerprint density at radius 1 is 1.58 bits per heavy atom. The molecule has 0 radical (unpaired) electrons. The molecule has 1 amide bonds. The third-order valence-corrected chi connectivity index (χ3v) is 2.00. The van der Waals surface area contributed by atoms with E-state index in [0.29, 0.717) is 5.01 Å². The second-order valence-corrected chi connectivity index (χ2v) is 2.73. The lowest BCUT2D eigenvalue weighted by Crippen LogP contribution is -2.17. The van der Waals surface area contributed by atoms with Gasteiger partial charge in [0.1, 0.15) is 0 Å². The maximum atomic E-state index is 10.9. The molecule has 12 heavy (non-hydrogen) atoms. The molecule has 0 aliphatic carbocycles. The quantitative estimate of drug-likeness (QED) is 0.727. The molecule has 0 spiro atoms. The van der Waals surface area contributed by atoms with Gasteiger partial charge in [-0.1, -0.05) is 13.8 Å². The fourth-order valence-corrected chi connectivity index (χ4v) is 1.31.